The van der Waals surface area contributed by atoms with Gasteiger partial charge < -0.3 is 24.6 Å². The van der Waals surface area contributed by atoms with E-state index in [-0.39, 0.29) is 11.6 Å². The third-order valence-corrected chi connectivity index (χ3v) is 4.67. The molecule has 0 spiro atoms. The molecule has 2 rings (SSSR count). The predicted octanol–water partition coefficient (Wildman–Crippen LogP) is 1.46. The molecule has 1 aliphatic heterocycles. The van der Waals surface area contributed by atoms with E-state index in [0.717, 1.165) is 0 Å². The van der Waals surface area contributed by atoms with Gasteiger partial charge in [0.2, 0.25) is 5.91 Å². The second-order valence-corrected chi connectivity index (χ2v) is 7.46. The number of nitro groups is 1. The summed E-state index contributed by atoms with van der Waals surface area (Å²) in [6, 6.07) is 3.06. The summed E-state index contributed by atoms with van der Waals surface area (Å²) in [5.41, 5.74) is 0.593. The summed E-state index contributed by atoms with van der Waals surface area (Å²) in [6.07, 6.45) is 0.557. The lowest BCUT2D eigenvalue weighted by Gasteiger charge is -2.35. The molecule has 0 saturated carbocycles. The number of carboxylic acids is 2. The van der Waals surface area contributed by atoms with E-state index in [2.05, 4.69) is 4.90 Å². The van der Waals surface area contributed by atoms with Gasteiger partial charge in [-0.2, -0.15) is 0 Å². The summed E-state index contributed by atoms with van der Waals surface area (Å²) in [4.78, 5) is 45.4. The highest BCUT2D eigenvalue weighted by Gasteiger charge is 2.25. The van der Waals surface area contributed by atoms with Gasteiger partial charge in [0.25, 0.3) is 5.69 Å². The third kappa shape index (κ3) is 8.02. The zero-order valence-electron chi connectivity index (χ0n) is 18.6. The monoisotopic (exact) mass is 455 g/mol. The van der Waals surface area contributed by atoms with Crippen LogP contribution in [0.1, 0.15) is 25.8 Å². The minimum atomic E-state index is -1.82. The Labute approximate surface area is 185 Å². The number of rotatable bonds is 7. The van der Waals surface area contributed by atoms with Crippen molar-refractivity contribution in [1.29, 1.82) is 0 Å². The molecule has 1 aromatic carbocycles. The average Bonchev–Trinajstić information content (AvgIpc) is 2.73. The maximum absolute atomic E-state index is 12.2. The van der Waals surface area contributed by atoms with Gasteiger partial charge in [0.05, 0.1) is 25.2 Å². The SMILES string of the molecule is COc1cc(CN2CCN(C(=O)CC(C)C)CC2)c([N+](=O)[O-])cc1OC.O=C(O)C(=O)O. The zero-order valence-corrected chi connectivity index (χ0v) is 18.6. The lowest BCUT2D eigenvalue weighted by atomic mass is 10.1. The molecular formula is C20H29N3O9. The Morgan fingerprint density at radius 2 is 1.53 bits per heavy atom. The molecule has 178 valence electrons. The maximum Gasteiger partial charge on any atom is 0.414 e. The smallest absolute Gasteiger partial charge is 0.414 e. The van der Waals surface area contributed by atoms with Gasteiger partial charge in [-0.3, -0.25) is 19.8 Å². The summed E-state index contributed by atoms with van der Waals surface area (Å²) in [5, 5.41) is 26.2. The van der Waals surface area contributed by atoms with Crippen molar-refractivity contribution in [3.8, 4) is 11.5 Å². The number of nitrogens with zero attached hydrogens (tertiary/aromatic N) is 3. The van der Waals surface area contributed by atoms with Crippen LogP contribution in [0.3, 0.4) is 0 Å². The van der Waals surface area contributed by atoms with E-state index in [1.54, 1.807) is 6.07 Å². The largest absolute Gasteiger partial charge is 0.493 e. The summed E-state index contributed by atoms with van der Waals surface area (Å²) in [5.74, 6) is -2.32. The Hall–Kier alpha value is -3.41. The fourth-order valence-corrected chi connectivity index (χ4v) is 3.08. The molecule has 32 heavy (non-hydrogen) atoms. The van der Waals surface area contributed by atoms with Crippen molar-refractivity contribution < 1.29 is 39.0 Å². The van der Waals surface area contributed by atoms with Crippen LogP contribution in [0, 0.1) is 16.0 Å². The minimum Gasteiger partial charge on any atom is -0.493 e. The van der Waals surface area contributed by atoms with Crippen molar-refractivity contribution in [3.63, 3.8) is 0 Å². The van der Waals surface area contributed by atoms with Gasteiger partial charge in [-0.15, -0.1) is 0 Å². The van der Waals surface area contributed by atoms with Crippen LogP contribution >= 0.6 is 0 Å². The van der Waals surface area contributed by atoms with Crippen LogP contribution in [-0.4, -0.2) is 83.2 Å². The van der Waals surface area contributed by atoms with Gasteiger partial charge in [0, 0.05) is 44.7 Å². The Bertz CT molecular complexity index is 822. The molecule has 1 heterocycles. The Morgan fingerprint density at radius 1 is 1.03 bits per heavy atom. The second-order valence-electron chi connectivity index (χ2n) is 7.46. The van der Waals surface area contributed by atoms with Gasteiger partial charge in [-0.05, 0) is 12.0 Å². The first-order valence-electron chi connectivity index (χ1n) is 9.85. The number of hydrogen-bond acceptors (Lipinski definition) is 8. The standard InChI is InChI=1S/C18H27N3O5.C2H2O4/c1-13(2)9-18(22)20-7-5-19(6-8-20)12-14-10-16(25-3)17(26-4)11-15(14)21(23)24;3-1(4)2(5)6/h10-11,13H,5-9,12H2,1-4H3;(H,3,4)(H,5,6). The van der Waals surface area contributed by atoms with Crippen LogP contribution in [0.25, 0.3) is 0 Å². The third-order valence-electron chi connectivity index (χ3n) is 4.67. The summed E-state index contributed by atoms with van der Waals surface area (Å²) in [6.45, 7) is 7.17. The normalized spacial score (nSPS) is 13.7. The van der Waals surface area contributed by atoms with Gasteiger partial charge in [0.1, 0.15) is 0 Å². The topological polar surface area (TPSA) is 160 Å². The molecule has 0 unspecified atom stereocenters. The van der Waals surface area contributed by atoms with Crippen molar-refractivity contribution in [1.82, 2.24) is 9.80 Å². The van der Waals surface area contributed by atoms with E-state index in [0.29, 0.717) is 62.1 Å². The van der Waals surface area contributed by atoms with Crippen molar-refractivity contribution in [2.75, 3.05) is 40.4 Å². The number of aliphatic carboxylic acids is 2. The summed E-state index contributed by atoms with van der Waals surface area (Å²) in [7, 11) is 2.96. The maximum atomic E-state index is 12.2. The van der Waals surface area contributed by atoms with E-state index in [9.17, 15) is 14.9 Å². The molecule has 1 aromatic rings. The lowest BCUT2D eigenvalue weighted by molar-refractivity contribution is -0.385. The van der Waals surface area contributed by atoms with Crippen molar-refractivity contribution >= 4 is 23.5 Å². The van der Waals surface area contributed by atoms with Crippen LogP contribution in [-0.2, 0) is 20.9 Å². The fraction of sp³-hybridized carbons (Fsp3) is 0.550. The number of ether oxygens (including phenoxy) is 2. The van der Waals surface area contributed by atoms with Crippen molar-refractivity contribution in [3.05, 3.63) is 27.8 Å². The number of carboxylic acid groups (broad SMARTS) is 2. The number of piperazine rings is 1. The molecule has 0 radical (unpaired) electrons. The Morgan fingerprint density at radius 3 is 1.94 bits per heavy atom. The number of amides is 1. The van der Waals surface area contributed by atoms with E-state index < -0.39 is 16.9 Å². The van der Waals surface area contributed by atoms with Crippen molar-refractivity contribution in [2.24, 2.45) is 5.92 Å². The van der Waals surface area contributed by atoms with E-state index in [1.165, 1.54) is 20.3 Å². The average molecular weight is 455 g/mol. The van der Waals surface area contributed by atoms with Crippen LogP contribution in [0.15, 0.2) is 12.1 Å². The number of nitro benzene ring substituents is 1. The number of methoxy groups -OCH3 is 2. The Balaban J connectivity index is 0.000000751. The molecule has 1 saturated heterocycles. The van der Waals surface area contributed by atoms with E-state index >= 15 is 0 Å². The van der Waals surface area contributed by atoms with Gasteiger partial charge in [0.15, 0.2) is 11.5 Å². The number of benzene rings is 1. The minimum absolute atomic E-state index is 0.0148. The first-order chi connectivity index (χ1) is 15.0. The van der Waals surface area contributed by atoms with Gasteiger partial charge >= 0.3 is 11.9 Å². The van der Waals surface area contributed by atoms with E-state index in [1.807, 2.05) is 18.7 Å². The zero-order chi connectivity index (χ0) is 24.4. The molecule has 12 nitrogen and oxygen atoms in total. The number of carbonyl (C=O) groups is 3. The number of carbonyl (C=O) groups excluding carboxylic acids is 1. The van der Waals surface area contributed by atoms with Gasteiger partial charge in [-0.1, -0.05) is 13.8 Å². The molecule has 1 amide bonds. The van der Waals surface area contributed by atoms with Crippen LogP contribution < -0.4 is 9.47 Å². The van der Waals surface area contributed by atoms with Crippen LogP contribution in [0.4, 0.5) is 5.69 Å². The quantitative estimate of drug-likeness (QED) is 0.350. The molecule has 0 atom stereocenters. The molecule has 0 aromatic heterocycles. The first kappa shape index (κ1) is 26.6. The number of hydrogen-bond donors (Lipinski definition) is 2. The molecule has 12 heteroatoms. The van der Waals surface area contributed by atoms with Crippen LogP contribution in [0.2, 0.25) is 0 Å². The summed E-state index contributed by atoms with van der Waals surface area (Å²) < 4.78 is 10.4. The second kappa shape index (κ2) is 12.4. The summed E-state index contributed by atoms with van der Waals surface area (Å²) >= 11 is 0. The molecule has 1 aliphatic rings. The van der Waals surface area contributed by atoms with Crippen molar-refractivity contribution in [2.45, 2.75) is 26.8 Å². The molecule has 1 fully saturated rings. The highest BCUT2D eigenvalue weighted by molar-refractivity contribution is 6.27. The van der Waals surface area contributed by atoms with Crippen LogP contribution in [0.5, 0.6) is 11.5 Å². The fourth-order valence-electron chi connectivity index (χ4n) is 3.08. The van der Waals surface area contributed by atoms with E-state index in [4.69, 9.17) is 29.3 Å². The molecule has 0 aliphatic carbocycles. The van der Waals surface area contributed by atoms with Gasteiger partial charge in [-0.25, -0.2) is 9.59 Å². The highest BCUT2D eigenvalue weighted by atomic mass is 16.6. The molecule has 0 bridgehead atoms. The predicted molar refractivity (Wildman–Crippen MR) is 113 cm³/mol. The molecular weight excluding hydrogens is 426 g/mol. The first-order valence-corrected chi connectivity index (χ1v) is 9.85. The lowest BCUT2D eigenvalue weighted by Crippen LogP contribution is -2.48. The highest BCUT2D eigenvalue weighted by Crippen LogP contribution is 2.35. The molecule has 2 N–H and O–H groups in total. The Kier molecular flexibility index (Phi) is 10.4.